The zero-order chi connectivity index (χ0) is 16.8. The molecular weight excluding hydrogens is 324 g/mol. The van der Waals surface area contributed by atoms with Gasteiger partial charge in [0.05, 0.1) is 19.0 Å². The molecule has 0 atom stereocenters. The summed E-state index contributed by atoms with van der Waals surface area (Å²) in [7, 11) is 1.85. The van der Waals surface area contributed by atoms with Gasteiger partial charge in [0, 0.05) is 25.4 Å². The maximum absolute atomic E-state index is 12.1. The Kier molecular flexibility index (Phi) is 5.22. The Morgan fingerprint density at radius 2 is 2.12 bits per heavy atom. The Morgan fingerprint density at radius 3 is 2.88 bits per heavy atom. The molecule has 0 spiro atoms. The van der Waals surface area contributed by atoms with Gasteiger partial charge in [0.1, 0.15) is 15.6 Å². The van der Waals surface area contributed by atoms with Gasteiger partial charge in [-0.3, -0.25) is 9.48 Å². The van der Waals surface area contributed by atoms with Crippen LogP contribution in [-0.4, -0.2) is 33.8 Å². The highest BCUT2D eigenvalue weighted by atomic mass is 32.1. The lowest BCUT2D eigenvalue weighted by Crippen LogP contribution is -2.24. The normalized spacial score (nSPS) is 10.5. The minimum absolute atomic E-state index is 0.109. The van der Waals surface area contributed by atoms with Gasteiger partial charge >= 0.3 is 0 Å². The van der Waals surface area contributed by atoms with Gasteiger partial charge < -0.3 is 10.1 Å². The van der Waals surface area contributed by atoms with Crippen LogP contribution in [-0.2, 0) is 7.05 Å². The molecule has 1 amide bonds. The molecule has 0 saturated heterocycles. The molecule has 3 aromatic rings. The number of hydrogen-bond donors (Lipinski definition) is 1. The molecule has 2 aromatic heterocycles. The molecular formula is C17H18N4O2S. The highest BCUT2D eigenvalue weighted by molar-refractivity contribution is 7.16. The third kappa shape index (κ3) is 4.20. The third-order valence-electron chi connectivity index (χ3n) is 3.30. The van der Waals surface area contributed by atoms with E-state index in [4.69, 9.17) is 4.74 Å². The molecule has 0 fully saturated rings. The molecule has 1 aromatic carbocycles. The summed E-state index contributed by atoms with van der Waals surface area (Å²) in [5.74, 6) is 0.731. The van der Waals surface area contributed by atoms with Crippen LogP contribution in [0.3, 0.4) is 0 Å². The molecule has 6 nitrogen and oxygen atoms in total. The standard InChI is InChI=1S/C17H18N4O2S/c1-21-12-13(10-20-21)17-19-11-15(24-17)16(22)18-8-5-9-23-14-6-3-2-4-7-14/h2-4,6-7,10-12H,5,8-9H2,1H3,(H,18,22). The molecule has 24 heavy (non-hydrogen) atoms. The molecule has 0 unspecified atom stereocenters. The quantitative estimate of drug-likeness (QED) is 0.670. The zero-order valence-electron chi connectivity index (χ0n) is 13.3. The molecule has 1 N–H and O–H groups in total. The zero-order valence-corrected chi connectivity index (χ0v) is 14.1. The number of aromatic nitrogens is 3. The summed E-state index contributed by atoms with van der Waals surface area (Å²) in [6, 6.07) is 9.63. The minimum Gasteiger partial charge on any atom is -0.494 e. The van der Waals surface area contributed by atoms with Gasteiger partial charge in [-0.05, 0) is 18.6 Å². The average molecular weight is 342 g/mol. The largest absolute Gasteiger partial charge is 0.494 e. The van der Waals surface area contributed by atoms with Crippen molar-refractivity contribution in [1.29, 1.82) is 0 Å². The first-order valence-corrected chi connectivity index (χ1v) is 8.45. The first-order valence-electron chi connectivity index (χ1n) is 7.63. The predicted molar refractivity (Wildman–Crippen MR) is 93.2 cm³/mol. The van der Waals surface area contributed by atoms with Crippen LogP contribution in [0.15, 0.2) is 48.9 Å². The van der Waals surface area contributed by atoms with Crippen molar-refractivity contribution in [2.24, 2.45) is 7.05 Å². The van der Waals surface area contributed by atoms with Crippen molar-refractivity contribution >= 4 is 17.2 Å². The van der Waals surface area contributed by atoms with Gasteiger partial charge in [-0.15, -0.1) is 11.3 Å². The minimum atomic E-state index is -0.109. The second-order valence-corrected chi connectivity index (χ2v) is 6.23. The maximum atomic E-state index is 12.1. The maximum Gasteiger partial charge on any atom is 0.263 e. The van der Waals surface area contributed by atoms with Gasteiger partial charge in [-0.25, -0.2) is 4.98 Å². The second kappa shape index (κ2) is 7.74. The number of rotatable bonds is 7. The smallest absolute Gasteiger partial charge is 0.263 e. The van der Waals surface area contributed by atoms with Gasteiger partial charge in [0.2, 0.25) is 0 Å². The van der Waals surface area contributed by atoms with Crippen LogP contribution in [0, 0.1) is 0 Å². The van der Waals surface area contributed by atoms with Crippen LogP contribution in [0.4, 0.5) is 0 Å². The summed E-state index contributed by atoms with van der Waals surface area (Å²) >= 11 is 1.36. The van der Waals surface area contributed by atoms with Crippen LogP contribution in [0.25, 0.3) is 10.6 Å². The number of hydrogen-bond acceptors (Lipinski definition) is 5. The number of thiazole rings is 1. The van der Waals surface area contributed by atoms with Crippen molar-refractivity contribution in [2.45, 2.75) is 6.42 Å². The molecule has 7 heteroatoms. The molecule has 0 aliphatic heterocycles. The van der Waals surface area contributed by atoms with Crippen molar-refractivity contribution in [3.63, 3.8) is 0 Å². The highest BCUT2D eigenvalue weighted by Crippen LogP contribution is 2.24. The molecule has 124 valence electrons. The van der Waals surface area contributed by atoms with E-state index in [1.54, 1.807) is 17.1 Å². The summed E-state index contributed by atoms with van der Waals surface area (Å²) in [5.41, 5.74) is 0.915. The number of para-hydroxylation sites is 1. The molecule has 0 bridgehead atoms. The fourth-order valence-electron chi connectivity index (χ4n) is 2.11. The van der Waals surface area contributed by atoms with Crippen LogP contribution in [0.1, 0.15) is 16.1 Å². The topological polar surface area (TPSA) is 69.0 Å². The fraction of sp³-hybridized carbons (Fsp3) is 0.235. The van der Waals surface area contributed by atoms with Crippen LogP contribution >= 0.6 is 11.3 Å². The summed E-state index contributed by atoms with van der Waals surface area (Å²) in [5, 5.41) is 7.79. The van der Waals surface area contributed by atoms with Gasteiger partial charge in [0.15, 0.2) is 0 Å². The van der Waals surface area contributed by atoms with Gasteiger partial charge in [0.25, 0.3) is 5.91 Å². The number of carbonyl (C=O) groups is 1. The summed E-state index contributed by atoms with van der Waals surface area (Å²) in [4.78, 5) is 17.0. The van der Waals surface area contributed by atoms with Crippen LogP contribution < -0.4 is 10.1 Å². The SMILES string of the molecule is Cn1cc(-c2ncc(C(=O)NCCCOc3ccccc3)s2)cn1. The van der Waals surface area contributed by atoms with E-state index in [2.05, 4.69) is 15.4 Å². The average Bonchev–Trinajstić information content (AvgIpc) is 3.24. The van der Waals surface area contributed by atoms with Crippen molar-refractivity contribution in [3.05, 3.63) is 53.8 Å². The van der Waals surface area contributed by atoms with E-state index < -0.39 is 0 Å². The van der Waals surface area contributed by atoms with E-state index in [9.17, 15) is 4.79 Å². The molecule has 0 radical (unpaired) electrons. The number of benzene rings is 1. The molecule has 2 heterocycles. The number of carbonyl (C=O) groups excluding carboxylic acids is 1. The number of ether oxygens (including phenoxy) is 1. The molecule has 0 saturated carbocycles. The summed E-state index contributed by atoms with van der Waals surface area (Å²) in [6.07, 6.45) is 5.96. The Balaban J connectivity index is 1.43. The Labute approximate surface area is 144 Å². The number of aryl methyl sites for hydroxylation is 1. The fourth-order valence-corrected chi connectivity index (χ4v) is 2.92. The van der Waals surface area contributed by atoms with Crippen molar-refractivity contribution < 1.29 is 9.53 Å². The van der Waals surface area contributed by atoms with Gasteiger partial charge in [-0.1, -0.05) is 18.2 Å². The lowest BCUT2D eigenvalue weighted by Gasteiger charge is -2.06. The first-order chi connectivity index (χ1) is 11.7. The van der Waals surface area contributed by atoms with Crippen LogP contribution in [0.2, 0.25) is 0 Å². The summed E-state index contributed by atoms with van der Waals surface area (Å²) in [6.45, 7) is 1.12. The molecule has 3 rings (SSSR count). The second-order valence-electron chi connectivity index (χ2n) is 5.20. The van der Waals surface area contributed by atoms with Crippen molar-refractivity contribution in [2.75, 3.05) is 13.2 Å². The van der Waals surface area contributed by atoms with E-state index >= 15 is 0 Å². The van der Waals surface area contributed by atoms with Crippen molar-refractivity contribution in [3.8, 4) is 16.3 Å². The first kappa shape index (κ1) is 16.2. The Bertz CT molecular complexity index is 798. The number of nitrogens with zero attached hydrogens (tertiary/aromatic N) is 3. The van der Waals surface area contributed by atoms with E-state index in [0.29, 0.717) is 18.0 Å². The van der Waals surface area contributed by atoms with Gasteiger partial charge in [-0.2, -0.15) is 5.10 Å². The monoisotopic (exact) mass is 342 g/mol. The van der Waals surface area contributed by atoms with E-state index in [1.807, 2.05) is 43.6 Å². The highest BCUT2D eigenvalue weighted by Gasteiger charge is 2.12. The van der Waals surface area contributed by atoms with Crippen molar-refractivity contribution in [1.82, 2.24) is 20.1 Å². The summed E-state index contributed by atoms with van der Waals surface area (Å²) < 4.78 is 7.30. The van der Waals surface area contributed by atoms with E-state index in [0.717, 1.165) is 22.7 Å². The number of nitrogens with one attached hydrogen (secondary N) is 1. The molecule has 0 aliphatic rings. The predicted octanol–water partition coefficient (Wildman–Crippen LogP) is 2.74. The lowest BCUT2D eigenvalue weighted by atomic mass is 10.3. The third-order valence-corrected chi connectivity index (χ3v) is 4.35. The lowest BCUT2D eigenvalue weighted by molar-refractivity contribution is 0.0955. The van der Waals surface area contributed by atoms with E-state index in [-0.39, 0.29) is 5.91 Å². The Morgan fingerprint density at radius 1 is 1.29 bits per heavy atom. The Hall–Kier alpha value is -2.67. The van der Waals surface area contributed by atoms with E-state index in [1.165, 1.54) is 11.3 Å². The number of amides is 1. The molecule has 0 aliphatic carbocycles. The van der Waals surface area contributed by atoms with Crippen LogP contribution in [0.5, 0.6) is 5.75 Å².